The van der Waals surface area contributed by atoms with E-state index in [-0.39, 0.29) is 43.1 Å². The average Bonchev–Trinajstić information content (AvgIpc) is 3.02. The van der Waals surface area contributed by atoms with Crippen LogP contribution in [0.15, 0.2) is 48.8 Å². The summed E-state index contributed by atoms with van der Waals surface area (Å²) in [5.41, 5.74) is -1.34. The van der Waals surface area contributed by atoms with Crippen LogP contribution in [0.4, 0.5) is 32.2 Å². The second kappa shape index (κ2) is 14.2. The van der Waals surface area contributed by atoms with Gasteiger partial charge in [-0.1, -0.05) is 11.8 Å². The highest BCUT2D eigenvalue weighted by Crippen LogP contribution is 2.31. The summed E-state index contributed by atoms with van der Waals surface area (Å²) in [6, 6.07) is 6.93. The minimum absolute atomic E-state index is 0.0313. The fourth-order valence-electron chi connectivity index (χ4n) is 4.29. The Balaban J connectivity index is 1.42. The zero-order valence-corrected chi connectivity index (χ0v) is 25.3. The second-order valence-electron chi connectivity index (χ2n) is 10.1. The molecule has 3 aromatic rings. The number of aromatic nitrogens is 3. The van der Waals surface area contributed by atoms with Crippen molar-refractivity contribution in [1.29, 1.82) is 0 Å². The van der Waals surface area contributed by atoms with Gasteiger partial charge in [0, 0.05) is 49.1 Å². The lowest BCUT2D eigenvalue weighted by molar-refractivity contribution is -0.137. The molecule has 1 fully saturated rings. The summed E-state index contributed by atoms with van der Waals surface area (Å²) in [5, 5.41) is 7.51. The van der Waals surface area contributed by atoms with Gasteiger partial charge in [-0.05, 0) is 43.3 Å². The van der Waals surface area contributed by atoms with Crippen LogP contribution >= 0.6 is 0 Å². The van der Waals surface area contributed by atoms with Crippen LogP contribution in [0.3, 0.4) is 0 Å². The molecule has 1 aliphatic heterocycles. The van der Waals surface area contributed by atoms with Gasteiger partial charge >= 0.3 is 12.4 Å². The normalized spacial score (nSPS) is 13.9. The molecule has 3 heterocycles. The SMILES string of the molecule is CCOc1cncc(C#Cc2cc(C(=O)N3CCN(c4ccc(C(=O)NS(=O)(=O)CCC(F)(F)F)nn4)CC3)cc(C(F)(F)F)c2)c1. The van der Waals surface area contributed by atoms with Crippen LogP contribution in [0.25, 0.3) is 0 Å². The first-order valence-electron chi connectivity index (χ1n) is 13.8. The largest absolute Gasteiger partial charge is 0.492 e. The van der Waals surface area contributed by atoms with Gasteiger partial charge in [0.2, 0.25) is 10.0 Å². The molecule has 0 spiro atoms. The molecule has 0 atom stereocenters. The topological polar surface area (TPSA) is 135 Å². The summed E-state index contributed by atoms with van der Waals surface area (Å²) in [6.07, 6.45) is -8.21. The van der Waals surface area contributed by atoms with Crippen LogP contribution in [0.5, 0.6) is 5.75 Å². The van der Waals surface area contributed by atoms with E-state index >= 15 is 0 Å². The number of sulfonamides is 1. The fraction of sp³-hybridized carbons (Fsp3) is 0.345. The lowest BCUT2D eigenvalue weighted by Crippen LogP contribution is -2.49. The summed E-state index contributed by atoms with van der Waals surface area (Å²) in [7, 11) is -4.58. The van der Waals surface area contributed by atoms with Crippen LogP contribution < -0.4 is 14.4 Å². The zero-order chi connectivity index (χ0) is 34.4. The Bertz CT molecular complexity index is 1780. The van der Waals surface area contributed by atoms with Gasteiger partial charge in [0.1, 0.15) is 5.75 Å². The molecule has 0 bridgehead atoms. The van der Waals surface area contributed by atoms with E-state index in [0.29, 0.717) is 17.9 Å². The Labute approximate surface area is 265 Å². The molecule has 2 amide bonds. The molecule has 1 saturated heterocycles. The minimum Gasteiger partial charge on any atom is -0.492 e. The van der Waals surface area contributed by atoms with Crippen LogP contribution in [-0.2, 0) is 16.2 Å². The number of ether oxygens (including phenoxy) is 1. The minimum atomic E-state index is -4.74. The molecular weight excluding hydrogens is 658 g/mol. The Morgan fingerprint density at radius 2 is 1.64 bits per heavy atom. The van der Waals surface area contributed by atoms with Gasteiger partial charge in [-0.3, -0.25) is 14.6 Å². The van der Waals surface area contributed by atoms with Gasteiger partial charge in [0.05, 0.1) is 30.5 Å². The molecule has 1 aromatic carbocycles. The van der Waals surface area contributed by atoms with Gasteiger partial charge < -0.3 is 14.5 Å². The molecule has 47 heavy (non-hydrogen) atoms. The summed E-state index contributed by atoms with van der Waals surface area (Å²) in [4.78, 5) is 32.5. The Hall–Kier alpha value is -4.92. The highest BCUT2D eigenvalue weighted by molar-refractivity contribution is 7.90. The quantitative estimate of drug-likeness (QED) is 0.279. The van der Waals surface area contributed by atoms with Gasteiger partial charge in [-0.2, -0.15) is 26.3 Å². The number of amides is 2. The van der Waals surface area contributed by atoms with E-state index in [2.05, 4.69) is 27.0 Å². The molecule has 0 aliphatic carbocycles. The molecule has 11 nitrogen and oxygen atoms in total. The average molecular weight is 685 g/mol. The highest BCUT2D eigenvalue weighted by Gasteiger charge is 2.33. The number of nitrogens with zero attached hydrogens (tertiary/aromatic N) is 5. The number of anilines is 1. The van der Waals surface area contributed by atoms with Crippen molar-refractivity contribution >= 4 is 27.7 Å². The number of piperazine rings is 1. The van der Waals surface area contributed by atoms with Crippen molar-refractivity contribution < 1.29 is 49.1 Å². The number of carbonyl (C=O) groups is 2. The third-order valence-corrected chi connectivity index (χ3v) is 7.80. The molecule has 1 N–H and O–H groups in total. The van der Waals surface area contributed by atoms with E-state index in [1.54, 1.807) is 17.9 Å². The number of halogens is 6. The molecule has 250 valence electrons. The molecule has 0 radical (unpaired) electrons. The van der Waals surface area contributed by atoms with Crippen LogP contribution in [-0.4, -0.2) is 85.0 Å². The van der Waals surface area contributed by atoms with Gasteiger partial charge in [-0.25, -0.2) is 13.1 Å². The molecule has 18 heteroatoms. The molecular formula is C29H26F6N6O5S. The maximum atomic E-state index is 13.7. The van der Waals surface area contributed by atoms with Crippen molar-refractivity contribution in [2.24, 2.45) is 0 Å². The number of pyridine rings is 1. The van der Waals surface area contributed by atoms with Crippen LogP contribution in [0.1, 0.15) is 50.9 Å². The predicted octanol–water partition coefficient (Wildman–Crippen LogP) is 3.66. The van der Waals surface area contributed by atoms with Crippen LogP contribution in [0.2, 0.25) is 0 Å². The van der Waals surface area contributed by atoms with E-state index in [4.69, 9.17) is 4.74 Å². The Morgan fingerprint density at radius 1 is 0.936 bits per heavy atom. The van der Waals surface area contributed by atoms with Gasteiger partial charge in [0.25, 0.3) is 11.8 Å². The molecule has 0 unspecified atom stereocenters. The van der Waals surface area contributed by atoms with Crippen molar-refractivity contribution in [3.63, 3.8) is 0 Å². The number of rotatable bonds is 8. The van der Waals surface area contributed by atoms with Crippen molar-refractivity contribution in [2.75, 3.05) is 43.4 Å². The van der Waals surface area contributed by atoms with Crippen molar-refractivity contribution in [3.8, 4) is 17.6 Å². The number of hydrogen-bond acceptors (Lipinski definition) is 9. The Morgan fingerprint density at radius 3 is 2.26 bits per heavy atom. The summed E-state index contributed by atoms with van der Waals surface area (Å²) in [6.45, 7) is 2.72. The third-order valence-electron chi connectivity index (χ3n) is 6.56. The fourth-order valence-corrected chi connectivity index (χ4v) is 5.28. The molecule has 1 aliphatic rings. The maximum absolute atomic E-state index is 13.7. The molecule has 2 aromatic heterocycles. The first kappa shape index (κ1) is 34.9. The summed E-state index contributed by atoms with van der Waals surface area (Å²) >= 11 is 0. The monoisotopic (exact) mass is 684 g/mol. The maximum Gasteiger partial charge on any atom is 0.416 e. The van der Waals surface area contributed by atoms with Crippen LogP contribution in [0, 0.1) is 11.8 Å². The number of benzene rings is 1. The van der Waals surface area contributed by atoms with Gasteiger partial charge in [0.15, 0.2) is 11.5 Å². The smallest absolute Gasteiger partial charge is 0.416 e. The highest BCUT2D eigenvalue weighted by atomic mass is 32.2. The summed E-state index contributed by atoms with van der Waals surface area (Å²) in [5.74, 6) is 2.84. The summed E-state index contributed by atoms with van der Waals surface area (Å²) < 4.78 is 109. The molecule has 4 rings (SSSR count). The van der Waals surface area contributed by atoms with E-state index in [9.17, 15) is 44.3 Å². The van der Waals surface area contributed by atoms with Crippen molar-refractivity contribution in [3.05, 3.63) is 76.7 Å². The van der Waals surface area contributed by atoms with Gasteiger partial charge in [-0.15, -0.1) is 10.2 Å². The van der Waals surface area contributed by atoms with E-state index in [1.165, 1.54) is 34.1 Å². The van der Waals surface area contributed by atoms with Crippen molar-refractivity contribution in [1.82, 2.24) is 24.8 Å². The molecule has 0 saturated carbocycles. The van der Waals surface area contributed by atoms with E-state index < -0.39 is 57.6 Å². The first-order chi connectivity index (χ1) is 22.0. The zero-order valence-electron chi connectivity index (χ0n) is 24.5. The lowest BCUT2D eigenvalue weighted by Gasteiger charge is -2.35. The number of hydrogen-bond donors (Lipinski definition) is 1. The van der Waals surface area contributed by atoms with E-state index in [0.717, 1.165) is 18.2 Å². The number of carbonyl (C=O) groups excluding carboxylic acids is 2. The second-order valence-corrected chi connectivity index (χ2v) is 11.9. The first-order valence-corrected chi connectivity index (χ1v) is 15.5. The number of alkyl halides is 6. The number of nitrogens with one attached hydrogen (secondary N) is 1. The predicted molar refractivity (Wildman–Crippen MR) is 155 cm³/mol. The lowest BCUT2D eigenvalue weighted by atomic mass is 10.0. The standard InChI is InChI=1S/C29H26F6N6O5S/c1-2-46-23-15-20(17-36-18-23)4-3-19-13-21(16-22(14-19)29(33,34)35)27(43)41-10-8-40(9-11-41)25-6-5-24(37-38-25)26(42)39-47(44,45)12-7-28(30,31)32/h5-6,13-18H,2,7-12H2,1H3,(H,39,42). The Kier molecular flexibility index (Phi) is 10.6. The van der Waals surface area contributed by atoms with Crippen molar-refractivity contribution in [2.45, 2.75) is 25.7 Å². The van der Waals surface area contributed by atoms with E-state index in [1.807, 2.05) is 0 Å². The third kappa shape index (κ3) is 10.0.